The van der Waals surface area contributed by atoms with Gasteiger partial charge in [0.1, 0.15) is 0 Å². The van der Waals surface area contributed by atoms with E-state index < -0.39 is 0 Å². The number of piperidine rings is 1. The first kappa shape index (κ1) is 15.3. The lowest BCUT2D eigenvalue weighted by Crippen LogP contribution is -2.48. The summed E-state index contributed by atoms with van der Waals surface area (Å²) < 4.78 is 0. The third-order valence-corrected chi connectivity index (χ3v) is 5.08. The molecule has 2 saturated heterocycles. The summed E-state index contributed by atoms with van der Waals surface area (Å²) in [6.45, 7) is 7.39. The Morgan fingerprint density at radius 2 is 1.95 bits per heavy atom. The van der Waals surface area contributed by atoms with E-state index in [4.69, 9.17) is 0 Å². The summed E-state index contributed by atoms with van der Waals surface area (Å²) in [6, 6.07) is 2.42. The molecule has 2 aliphatic heterocycles. The molecule has 0 bridgehead atoms. The van der Waals surface area contributed by atoms with Crippen molar-refractivity contribution in [2.24, 2.45) is 0 Å². The quantitative estimate of drug-likeness (QED) is 0.669. The summed E-state index contributed by atoms with van der Waals surface area (Å²) >= 11 is 0. The summed E-state index contributed by atoms with van der Waals surface area (Å²) in [6.07, 6.45) is 14.1. The largest absolute Gasteiger partial charge is 0.311 e. The molecule has 0 saturated carbocycles. The molecular weight excluding hydrogens is 232 g/mol. The monoisotopic (exact) mass is 266 g/mol. The fourth-order valence-electron chi connectivity index (χ4n) is 3.92. The van der Waals surface area contributed by atoms with E-state index >= 15 is 0 Å². The first-order valence-electron chi connectivity index (χ1n) is 8.79. The summed E-state index contributed by atoms with van der Waals surface area (Å²) in [5, 5.41) is 3.90. The summed E-state index contributed by atoms with van der Waals surface area (Å²) in [7, 11) is 0. The molecule has 0 aliphatic carbocycles. The van der Waals surface area contributed by atoms with Crippen molar-refractivity contribution in [3.63, 3.8) is 0 Å². The third kappa shape index (κ3) is 5.07. The van der Waals surface area contributed by atoms with Crippen LogP contribution in [0.5, 0.6) is 0 Å². The second-order valence-electron chi connectivity index (χ2n) is 6.82. The molecule has 19 heavy (non-hydrogen) atoms. The predicted molar refractivity (Wildman–Crippen MR) is 83.6 cm³/mol. The highest BCUT2D eigenvalue weighted by Gasteiger charge is 2.31. The zero-order valence-electron chi connectivity index (χ0n) is 13.2. The molecule has 3 atom stereocenters. The lowest BCUT2D eigenvalue weighted by atomic mass is 9.96. The number of hydrogen-bond acceptors (Lipinski definition) is 2. The average Bonchev–Trinajstić information content (AvgIpc) is 2.86. The molecule has 0 aromatic rings. The van der Waals surface area contributed by atoms with Gasteiger partial charge in [-0.3, -0.25) is 0 Å². The lowest BCUT2D eigenvalue weighted by molar-refractivity contribution is 0.161. The standard InChI is InChI=1S/C17H34N2/c1-3-4-5-6-7-9-15(2)18-16-11-13-19-12-8-10-17(19)14-16/h15-18H,3-14H2,1-2H3. The van der Waals surface area contributed by atoms with Crippen LogP contribution in [0.2, 0.25) is 0 Å². The van der Waals surface area contributed by atoms with Gasteiger partial charge in [0, 0.05) is 18.1 Å². The number of nitrogens with zero attached hydrogens (tertiary/aromatic N) is 1. The maximum atomic E-state index is 3.90. The van der Waals surface area contributed by atoms with Crippen molar-refractivity contribution in [3.05, 3.63) is 0 Å². The molecule has 1 N–H and O–H groups in total. The Morgan fingerprint density at radius 3 is 2.79 bits per heavy atom. The van der Waals surface area contributed by atoms with Crippen molar-refractivity contribution in [1.82, 2.24) is 10.2 Å². The summed E-state index contributed by atoms with van der Waals surface area (Å²) in [4.78, 5) is 2.72. The summed E-state index contributed by atoms with van der Waals surface area (Å²) in [5.41, 5.74) is 0. The number of unbranched alkanes of at least 4 members (excludes halogenated alkanes) is 4. The van der Waals surface area contributed by atoms with E-state index in [1.807, 2.05) is 0 Å². The number of rotatable bonds is 8. The molecule has 3 unspecified atom stereocenters. The van der Waals surface area contributed by atoms with E-state index in [2.05, 4.69) is 24.1 Å². The highest BCUT2D eigenvalue weighted by atomic mass is 15.2. The van der Waals surface area contributed by atoms with Gasteiger partial charge in [-0.15, -0.1) is 0 Å². The SMILES string of the molecule is CCCCCCCC(C)NC1CCN2CCCC2C1. The Hall–Kier alpha value is -0.0800. The normalized spacial score (nSPS) is 29.4. The highest BCUT2D eigenvalue weighted by Crippen LogP contribution is 2.27. The molecule has 0 radical (unpaired) electrons. The molecule has 2 rings (SSSR count). The minimum Gasteiger partial charge on any atom is -0.311 e. The van der Waals surface area contributed by atoms with Gasteiger partial charge >= 0.3 is 0 Å². The number of fused-ring (bicyclic) bond motifs is 1. The van der Waals surface area contributed by atoms with E-state index in [0.29, 0.717) is 0 Å². The van der Waals surface area contributed by atoms with Crippen LogP contribution in [-0.2, 0) is 0 Å². The second kappa shape index (κ2) is 8.26. The molecule has 0 aromatic heterocycles. The van der Waals surface area contributed by atoms with Gasteiger partial charge in [0.25, 0.3) is 0 Å². The van der Waals surface area contributed by atoms with Crippen molar-refractivity contribution in [2.75, 3.05) is 13.1 Å². The summed E-state index contributed by atoms with van der Waals surface area (Å²) in [5.74, 6) is 0. The van der Waals surface area contributed by atoms with Crippen LogP contribution in [0.4, 0.5) is 0 Å². The van der Waals surface area contributed by atoms with Crippen molar-refractivity contribution in [1.29, 1.82) is 0 Å². The molecule has 2 heterocycles. The van der Waals surface area contributed by atoms with Crippen LogP contribution in [0.1, 0.15) is 78.1 Å². The first-order valence-corrected chi connectivity index (χ1v) is 8.79. The molecule has 2 heteroatoms. The Labute approximate surface area is 120 Å². The van der Waals surface area contributed by atoms with Crippen LogP contribution >= 0.6 is 0 Å². The highest BCUT2D eigenvalue weighted by molar-refractivity contribution is 4.89. The predicted octanol–water partition coefficient (Wildman–Crippen LogP) is 3.95. The Balaban J connectivity index is 1.56. The zero-order valence-corrected chi connectivity index (χ0v) is 13.2. The zero-order chi connectivity index (χ0) is 13.5. The Morgan fingerprint density at radius 1 is 1.11 bits per heavy atom. The number of nitrogens with one attached hydrogen (secondary N) is 1. The van der Waals surface area contributed by atoms with Crippen molar-refractivity contribution < 1.29 is 0 Å². The van der Waals surface area contributed by atoms with E-state index in [1.54, 1.807) is 0 Å². The maximum absolute atomic E-state index is 3.90. The van der Waals surface area contributed by atoms with Crippen molar-refractivity contribution >= 4 is 0 Å². The average molecular weight is 266 g/mol. The second-order valence-corrected chi connectivity index (χ2v) is 6.82. The Kier molecular flexibility index (Phi) is 6.66. The molecule has 2 fully saturated rings. The van der Waals surface area contributed by atoms with Crippen LogP contribution in [0.15, 0.2) is 0 Å². The maximum Gasteiger partial charge on any atom is 0.0111 e. The van der Waals surface area contributed by atoms with Gasteiger partial charge in [-0.25, -0.2) is 0 Å². The van der Waals surface area contributed by atoms with E-state index in [0.717, 1.165) is 18.1 Å². The van der Waals surface area contributed by atoms with Crippen LogP contribution < -0.4 is 5.32 Å². The van der Waals surface area contributed by atoms with E-state index in [-0.39, 0.29) is 0 Å². The van der Waals surface area contributed by atoms with Crippen LogP contribution in [0.3, 0.4) is 0 Å². The van der Waals surface area contributed by atoms with Gasteiger partial charge in [-0.05, 0) is 52.1 Å². The van der Waals surface area contributed by atoms with Crippen LogP contribution in [0, 0.1) is 0 Å². The minimum atomic E-state index is 0.722. The molecule has 2 nitrogen and oxygen atoms in total. The van der Waals surface area contributed by atoms with Gasteiger partial charge in [0.05, 0.1) is 0 Å². The smallest absolute Gasteiger partial charge is 0.0111 e. The van der Waals surface area contributed by atoms with E-state index in [1.165, 1.54) is 77.3 Å². The first-order chi connectivity index (χ1) is 9.29. The fourth-order valence-corrected chi connectivity index (χ4v) is 3.92. The van der Waals surface area contributed by atoms with Gasteiger partial charge in [0.15, 0.2) is 0 Å². The van der Waals surface area contributed by atoms with Gasteiger partial charge < -0.3 is 10.2 Å². The topological polar surface area (TPSA) is 15.3 Å². The molecule has 0 aromatic carbocycles. The molecular formula is C17H34N2. The molecule has 0 amide bonds. The molecule has 0 spiro atoms. The van der Waals surface area contributed by atoms with Crippen LogP contribution in [-0.4, -0.2) is 36.1 Å². The molecule has 112 valence electrons. The van der Waals surface area contributed by atoms with Gasteiger partial charge in [0.2, 0.25) is 0 Å². The number of hydrogen-bond donors (Lipinski definition) is 1. The van der Waals surface area contributed by atoms with Crippen molar-refractivity contribution in [3.8, 4) is 0 Å². The van der Waals surface area contributed by atoms with Crippen molar-refractivity contribution in [2.45, 2.75) is 96.2 Å². The minimum absolute atomic E-state index is 0.722. The van der Waals surface area contributed by atoms with Gasteiger partial charge in [-0.1, -0.05) is 39.0 Å². The van der Waals surface area contributed by atoms with Gasteiger partial charge in [-0.2, -0.15) is 0 Å². The molecule has 2 aliphatic rings. The van der Waals surface area contributed by atoms with Crippen LogP contribution in [0.25, 0.3) is 0 Å². The Bertz CT molecular complexity index is 241. The lowest BCUT2D eigenvalue weighted by Gasteiger charge is -2.36. The van der Waals surface area contributed by atoms with E-state index in [9.17, 15) is 0 Å². The third-order valence-electron chi connectivity index (χ3n) is 5.08. The fraction of sp³-hybridized carbons (Fsp3) is 1.00.